The molecule has 0 spiro atoms. The number of nitrogens with two attached hydrogens (primary N) is 1. The summed E-state index contributed by atoms with van der Waals surface area (Å²) in [5.74, 6) is 0.520. The van der Waals surface area contributed by atoms with E-state index in [1.54, 1.807) is 10.4 Å². The molecule has 0 radical (unpaired) electrons. The van der Waals surface area contributed by atoms with Crippen LogP contribution in [0.2, 0.25) is 5.02 Å². The van der Waals surface area contributed by atoms with Gasteiger partial charge in [0, 0.05) is 17.6 Å². The maximum atomic E-state index is 12.9. The van der Waals surface area contributed by atoms with E-state index in [1.165, 1.54) is 12.1 Å². The first-order valence-corrected chi connectivity index (χ1v) is 8.89. The number of fused-ring (bicyclic) bond motifs is 1. The molecule has 2 unspecified atom stereocenters. The minimum absolute atomic E-state index is 0.156. The van der Waals surface area contributed by atoms with Crippen molar-refractivity contribution >= 4 is 27.3 Å². The van der Waals surface area contributed by atoms with Crippen LogP contribution in [0.5, 0.6) is 0 Å². The molecule has 1 saturated carbocycles. The van der Waals surface area contributed by atoms with Crippen molar-refractivity contribution in [2.24, 2.45) is 5.92 Å². The van der Waals surface area contributed by atoms with Crippen LogP contribution in [0.4, 0.5) is 5.69 Å². The molecule has 2 atom stereocenters. The van der Waals surface area contributed by atoms with Gasteiger partial charge in [0.25, 0.3) is 0 Å². The molecule has 1 aromatic carbocycles. The third kappa shape index (κ3) is 2.32. The van der Waals surface area contributed by atoms with Crippen LogP contribution < -0.4 is 5.73 Å². The smallest absolute Gasteiger partial charge is 0.245 e. The van der Waals surface area contributed by atoms with Crippen molar-refractivity contribution in [2.45, 2.75) is 43.0 Å². The molecule has 1 aliphatic carbocycles. The van der Waals surface area contributed by atoms with Crippen LogP contribution >= 0.6 is 11.6 Å². The molecule has 1 aliphatic heterocycles. The second-order valence-electron chi connectivity index (χ2n) is 5.70. The number of benzene rings is 1. The Morgan fingerprint density at radius 3 is 2.70 bits per heavy atom. The summed E-state index contributed by atoms with van der Waals surface area (Å²) < 4.78 is 27.4. The maximum Gasteiger partial charge on any atom is 0.245 e. The van der Waals surface area contributed by atoms with E-state index in [-0.39, 0.29) is 16.6 Å². The second kappa shape index (κ2) is 5.20. The summed E-state index contributed by atoms with van der Waals surface area (Å²) in [5.41, 5.74) is 6.09. The number of nitrogen functional groups attached to an aromatic ring is 1. The van der Waals surface area contributed by atoms with Crippen LogP contribution in [0.3, 0.4) is 0 Å². The summed E-state index contributed by atoms with van der Waals surface area (Å²) >= 11 is 5.85. The van der Waals surface area contributed by atoms with Crippen LogP contribution in [0.1, 0.15) is 32.1 Å². The van der Waals surface area contributed by atoms with Gasteiger partial charge in [-0.1, -0.05) is 18.0 Å². The van der Waals surface area contributed by atoms with Crippen molar-refractivity contribution in [3.8, 4) is 0 Å². The summed E-state index contributed by atoms with van der Waals surface area (Å²) in [6, 6.07) is 4.76. The van der Waals surface area contributed by atoms with Gasteiger partial charge in [-0.15, -0.1) is 0 Å². The van der Waals surface area contributed by atoms with E-state index in [9.17, 15) is 8.42 Å². The lowest BCUT2D eigenvalue weighted by molar-refractivity contribution is 0.202. The van der Waals surface area contributed by atoms with Gasteiger partial charge in [-0.2, -0.15) is 4.31 Å². The highest BCUT2D eigenvalue weighted by Crippen LogP contribution is 2.40. The van der Waals surface area contributed by atoms with Crippen LogP contribution in [0.25, 0.3) is 0 Å². The average molecular weight is 315 g/mol. The molecule has 1 aromatic rings. The van der Waals surface area contributed by atoms with Gasteiger partial charge < -0.3 is 5.73 Å². The molecule has 2 fully saturated rings. The van der Waals surface area contributed by atoms with Crippen molar-refractivity contribution in [3.63, 3.8) is 0 Å². The Kier molecular flexibility index (Phi) is 3.69. The van der Waals surface area contributed by atoms with Gasteiger partial charge in [-0.3, -0.25) is 0 Å². The Bertz CT molecular complexity index is 618. The van der Waals surface area contributed by atoms with Crippen LogP contribution in [-0.4, -0.2) is 25.3 Å². The molecule has 6 heteroatoms. The van der Waals surface area contributed by atoms with E-state index >= 15 is 0 Å². The number of halogens is 1. The minimum Gasteiger partial charge on any atom is -0.398 e. The summed E-state index contributed by atoms with van der Waals surface area (Å²) in [4.78, 5) is 0.189. The van der Waals surface area contributed by atoms with Gasteiger partial charge in [-0.25, -0.2) is 8.42 Å². The molecule has 20 heavy (non-hydrogen) atoms. The molecular weight excluding hydrogens is 296 g/mol. The number of sulfonamides is 1. The Balaban J connectivity index is 1.98. The third-order valence-corrected chi connectivity index (χ3v) is 6.73. The zero-order valence-electron chi connectivity index (χ0n) is 11.3. The highest BCUT2D eigenvalue weighted by Gasteiger charge is 2.41. The summed E-state index contributed by atoms with van der Waals surface area (Å²) in [6.07, 6.45) is 5.32. The van der Waals surface area contributed by atoms with Crippen LogP contribution in [-0.2, 0) is 10.0 Å². The zero-order valence-corrected chi connectivity index (χ0v) is 12.8. The number of rotatable bonds is 2. The first-order valence-electron chi connectivity index (χ1n) is 7.07. The number of piperidine rings is 1. The molecule has 110 valence electrons. The van der Waals surface area contributed by atoms with Gasteiger partial charge >= 0.3 is 0 Å². The molecule has 1 saturated heterocycles. The first-order chi connectivity index (χ1) is 9.50. The van der Waals surface area contributed by atoms with Gasteiger partial charge in [-0.05, 0) is 49.8 Å². The van der Waals surface area contributed by atoms with Gasteiger partial charge in [0.1, 0.15) is 4.90 Å². The molecule has 0 aromatic heterocycles. The highest BCUT2D eigenvalue weighted by molar-refractivity contribution is 7.89. The van der Waals surface area contributed by atoms with E-state index in [2.05, 4.69) is 0 Å². The predicted molar refractivity (Wildman–Crippen MR) is 80.1 cm³/mol. The lowest BCUT2D eigenvalue weighted by atomic mass is 9.94. The standard InChI is InChI=1S/C14H19ClN2O2S/c15-11-6-7-14(12(16)9-11)20(18,19)17-8-2-4-10-3-1-5-13(10)17/h6-7,9-10,13H,1-5,8,16H2. The summed E-state index contributed by atoms with van der Waals surface area (Å²) in [7, 11) is -3.51. The Labute approximate surface area is 125 Å². The van der Waals surface area contributed by atoms with Crippen LogP contribution in [0.15, 0.2) is 23.1 Å². The lowest BCUT2D eigenvalue weighted by Gasteiger charge is -2.36. The van der Waals surface area contributed by atoms with Crippen molar-refractivity contribution < 1.29 is 8.42 Å². The molecule has 4 nitrogen and oxygen atoms in total. The molecule has 2 N–H and O–H groups in total. The lowest BCUT2D eigenvalue weighted by Crippen LogP contribution is -2.46. The SMILES string of the molecule is Nc1cc(Cl)ccc1S(=O)(=O)N1CCCC2CCCC21. The number of anilines is 1. The summed E-state index contributed by atoms with van der Waals surface area (Å²) in [5, 5.41) is 0.457. The Morgan fingerprint density at radius 2 is 1.95 bits per heavy atom. The molecule has 1 heterocycles. The van der Waals surface area contributed by atoms with Crippen molar-refractivity contribution in [3.05, 3.63) is 23.2 Å². The van der Waals surface area contributed by atoms with Crippen LogP contribution in [0, 0.1) is 5.92 Å². The topological polar surface area (TPSA) is 63.4 Å². The fraction of sp³-hybridized carbons (Fsp3) is 0.571. The van der Waals surface area contributed by atoms with E-state index in [0.29, 0.717) is 17.5 Å². The molecular formula is C14H19ClN2O2S. The predicted octanol–water partition coefficient (Wildman–Crippen LogP) is 2.88. The Morgan fingerprint density at radius 1 is 1.20 bits per heavy atom. The largest absolute Gasteiger partial charge is 0.398 e. The molecule has 3 rings (SSSR count). The molecule has 0 bridgehead atoms. The maximum absolute atomic E-state index is 12.9. The van der Waals surface area contributed by atoms with Crippen molar-refractivity contribution in [1.29, 1.82) is 0 Å². The molecule has 0 amide bonds. The fourth-order valence-electron chi connectivity index (χ4n) is 3.59. The normalized spacial score (nSPS) is 27.4. The van der Waals surface area contributed by atoms with E-state index in [0.717, 1.165) is 32.1 Å². The number of nitrogens with zero attached hydrogens (tertiary/aromatic N) is 1. The number of hydrogen-bond acceptors (Lipinski definition) is 3. The van der Waals surface area contributed by atoms with Gasteiger partial charge in [0.05, 0.1) is 5.69 Å². The monoisotopic (exact) mass is 314 g/mol. The van der Waals surface area contributed by atoms with Crippen molar-refractivity contribution in [1.82, 2.24) is 4.31 Å². The average Bonchev–Trinajstić information content (AvgIpc) is 2.85. The van der Waals surface area contributed by atoms with Crippen molar-refractivity contribution in [2.75, 3.05) is 12.3 Å². The van der Waals surface area contributed by atoms with E-state index < -0.39 is 10.0 Å². The van der Waals surface area contributed by atoms with E-state index in [4.69, 9.17) is 17.3 Å². The second-order valence-corrected chi connectivity index (χ2v) is 7.99. The first kappa shape index (κ1) is 14.2. The fourth-order valence-corrected chi connectivity index (χ4v) is 5.62. The zero-order chi connectivity index (χ0) is 14.3. The third-order valence-electron chi connectivity index (χ3n) is 4.50. The van der Waals surface area contributed by atoms with Gasteiger partial charge in [0.2, 0.25) is 10.0 Å². The molecule has 2 aliphatic rings. The van der Waals surface area contributed by atoms with E-state index in [1.807, 2.05) is 0 Å². The Hall–Kier alpha value is -0.780. The highest BCUT2D eigenvalue weighted by atomic mass is 35.5. The minimum atomic E-state index is -3.51. The number of hydrogen-bond donors (Lipinski definition) is 1. The van der Waals surface area contributed by atoms with Gasteiger partial charge in [0.15, 0.2) is 0 Å². The quantitative estimate of drug-likeness (QED) is 0.854. The summed E-state index contributed by atoms with van der Waals surface area (Å²) in [6.45, 7) is 0.603.